The molecule has 0 aliphatic carbocycles. The van der Waals surface area contributed by atoms with Crippen molar-refractivity contribution in [3.8, 4) is 0 Å². The van der Waals surface area contributed by atoms with E-state index in [1.807, 2.05) is 32.0 Å². The van der Waals surface area contributed by atoms with Crippen molar-refractivity contribution >= 4 is 23.3 Å². The van der Waals surface area contributed by atoms with Gasteiger partial charge >= 0.3 is 5.97 Å². The maximum absolute atomic E-state index is 10.9. The van der Waals surface area contributed by atoms with Crippen molar-refractivity contribution < 1.29 is 9.90 Å². The van der Waals surface area contributed by atoms with Gasteiger partial charge in [0.1, 0.15) is 0 Å². The standard InChI is InChI=1S/C16H22ClNO2/c1-16(2,11-15(19)20)12-6-7-14(13(17)10-12)18-8-4-3-5-9-18/h6-7,10H,3-5,8-9,11H2,1-2H3,(H,19,20). The second-order valence-electron chi connectivity index (χ2n) is 6.17. The highest BCUT2D eigenvalue weighted by Crippen LogP contribution is 2.34. The molecule has 0 bridgehead atoms. The summed E-state index contributed by atoms with van der Waals surface area (Å²) >= 11 is 6.42. The van der Waals surface area contributed by atoms with Gasteiger partial charge in [0.15, 0.2) is 0 Å². The maximum Gasteiger partial charge on any atom is 0.304 e. The number of carboxylic acids is 1. The summed E-state index contributed by atoms with van der Waals surface area (Å²) in [4.78, 5) is 13.3. The molecule has 4 heteroatoms. The molecule has 0 unspecified atom stereocenters. The number of aliphatic carboxylic acids is 1. The molecule has 3 nitrogen and oxygen atoms in total. The zero-order valence-electron chi connectivity index (χ0n) is 12.2. The van der Waals surface area contributed by atoms with Crippen molar-refractivity contribution in [2.24, 2.45) is 0 Å². The molecule has 0 radical (unpaired) electrons. The summed E-state index contributed by atoms with van der Waals surface area (Å²) in [5.74, 6) is -0.786. The zero-order chi connectivity index (χ0) is 14.8. The van der Waals surface area contributed by atoms with Crippen LogP contribution in [0.15, 0.2) is 18.2 Å². The molecule has 1 aliphatic rings. The summed E-state index contributed by atoms with van der Waals surface area (Å²) in [6, 6.07) is 5.97. The first-order chi connectivity index (χ1) is 9.40. The van der Waals surface area contributed by atoms with E-state index in [4.69, 9.17) is 16.7 Å². The van der Waals surface area contributed by atoms with E-state index >= 15 is 0 Å². The molecule has 20 heavy (non-hydrogen) atoms. The SMILES string of the molecule is CC(C)(CC(=O)O)c1ccc(N2CCCCC2)c(Cl)c1. The second kappa shape index (κ2) is 6.04. The summed E-state index contributed by atoms with van der Waals surface area (Å²) in [5, 5.41) is 9.72. The Labute approximate surface area is 125 Å². The molecule has 1 aliphatic heterocycles. The third-order valence-electron chi connectivity index (χ3n) is 4.02. The summed E-state index contributed by atoms with van der Waals surface area (Å²) in [6.07, 6.45) is 3.81. The molecular formula is C16H22ClNO2. The monoisotopic (exact) mass is 295 g/mol. The Bertz CT molecular complexity index is 493. The minimum absolute atomic E-state index is 0.104. The van der Waals surface area contributed by atoms with Crippen LogP contribution in [0.2, 0.25) is 5.02 Å². The Morgan fingerprint density at radius 1 is 1.30 bits per heavy atom. The number of carboxylic acid groups (broad SMARTS) is 1. The van der Waals surface area contributed by atoms with Crippen molar-refractivity contribution in [3.63, 3.8) is 0 Å². The van der Waals surface area contributed by atoms with E-state index in [0.717, 1.165) is 29.4 Å². The van der Waals surface area contributed by atoms with Crippen LogP contribution in [0.25, 0.3) is 0 Å². The van der Waals surface area contributed by atoms with Crippen LogP contribution in [0.5, 0.6) is 0 Å². The summed E-state index contributed by atoms with van der Waals surface area (Å²) in [5.41, 5.74) is 1.64. The average molecular weight is 296 g/mol. The lowest BCUT2D eigenvalue weighted by molar-refractivity contribution is -0.138. The van der Waals surface area contributed by atoms with E-state index in [-0.39, 0.29) is 6.42 Å². The number of carbonyl (C=O) groups is 1. The van der Waals surface area contributed by atoms with Crippen LogP contribution in [-0.2, 0) is 10.2 Å². The number of piperidine rings is 1. The van der Waals surface area contributed by atoms with Gasteiger partial charge in [0.25, 0.3) is 0 Å². The Balaban J connectivity index is 2.22. The molecule has 1 saturated heterocycles. The van der Waals surface area contributed by atoms with Crippen LogP contribution in [0.3, 0.4) is 0 Å². The van der Waals surface area contributed by atoms with Gasteiger partial charge in [-0.2, -0.15) is 0 Å². The number of halogens is 1. The van der Waals surface area contributed by atoms with Crippen molar-refractivity contribution in [1.29, 1.82) is 0 Å². The van der Waals surface area contributed by atoms with Gasteiger partial charge in [0.2, 0.25) is 0 Å². The van der Waals surface area contributed by atoms with E-state index in [9.17, 15) is 4.79 Å². The highest BCUT2D eigenvalue weighted by atomic mass is 35.5. The van der Waals surface area contributed by atoms with Crippen molar-refractivity contribution in [2.75, 3.05) is 18.0 Å². The molecule has 1 aromatic rings. The average Bonchev–Trinajstić information content (AvgIpc) is 2.38. The van der Waals surface area contributed by atoms with Crippen LogP contribution in [0.1, 0.15) is 45.1 Å². The van der Waals surface area contributed by atoms with E-state index in [1.165, 1.54) is 19.3 Å². The summed E-state index contributed by atoms with van der Waals surface area (Å²) < 4.78 is 0. The van der Waals surface area contributed by atoms with Gasteiger partial charge in [-0.05, 0) is 37.0 Å². The quantitative estimate of drug-likeness (QED) is 0.910. The van der Waals surface area contributed by atoms with Gasteiger partial charge in [-0.25, -0.2) is 0 Å². The van der Waals surface area contributed by atoms with Crippen LogP contribution in [-0.4, -0.2) is 24.2 Å². The molecule has 1 aromatic carbocycles. The number of benzene rings is 1. The first-order valence-corrected chi connectivity index (χ1v) is 7.55. The van der Waals surface area contributed by atoms with Crippen molar-refractivity contribution in [1.82, 2.24) is 0 Å². The Morgan fingerprint density at radius 3 is 2.50 bits per heavy atom. The number of anilines is 1. The van der Waals surface area contributed by atoms with Gasteiger partial charge in [-0.1, -0.05) is 31.5 Å². The Kier molecular flexibility index (Phi) is 4.59. The first kappa shape index (κ1) is 15.2. The Hall–Kier alpha value is -1.22. The van der Waals surface area contributed by atoms with E-state index in [2.05, 4.69) is 4.90 Å². The fourth-order valence-corrected chi connectivity index (χ4v) is 3.10. The lowest BCUT2D eigenvalue weighted by Crippen LogP contribution is -2.29. The smallest absolute Gasteiger partial charge is 0.304 e. The van der Waals surface area contributed by atoms with Gasteiger partial charge in [0, 0.05) is 18.5 Å². The van der Waals surface area contributed by atoms with Crippen molar-refractivity contribution in [2.45, 2.75) is 44.9 Å². The molecule has 0 spiro atoms. The van der Waals surface area contributed by atoms with E-state index in [0.29, 0.717) is 0 Å². The second-order valence-corrected chi connectivity index (χ2v) is 6.58. The minimum atomic E-state index is -0.786. The van der Waals surface area contributed by atoms with Gasteiger partial charge in [0.05, 0.1) is 17.1 Å². The van der Waals surface area contributed by atoms with Crippen LogP contribution < -0.4 is 4.90 Å². The fraction of sp³-hybridized carbons (Fsp3) is 0.562. The van der Waals surface area contributed by atoms with Crippen LogP contribution >= 0.6 is 11.6 Å². The molecule has 0 amide bonds. The van der Waals surface area contributed by atoms with Crippen LogP contribution in [0, 0.1) is 0 Å². The summed E-state index contributed by atoms with van der Waals surface area (Å²) in [6.45, 7) is 5.98. The van der Waals surface area contributed by atoms with E-state index < -0.39 is 11.4 Å². The molecular weight excluding hydrogens is 274 g/mol. The molecule has 1 heterocycles. The largest absolute Gasteiger partial charge is 0.481 e. The number of nitrogens with zero attached hydrogens (tertiary/aromatic N) is 1. The third kappa shape index (κ3) is 3.45. The summed E-state index contributed by atoms with van der Waals surface area (Å²) in [7, 11) is 0. The molecule has 0 aromatic heterocycles. The lowest BCUT2D eigenvalue weighted by Gasteiger charge is -2.31. The minimum Gasteiger partial charge on any atom is -0.481 e. The predicted molar refractivity (Wildman–Crippen MR) is 82.8 cm³/mol. The van der Waals surface area contributed by atoms with Crippen LogP contribution in [0.4, 0.5) is 5.69 Å². The topological polar surface area (TPSA) is 40.5 Å². The van der Waals surface area contributed by atoms with E-state index in [1.54, 1.807) is 0 Å². The zero-order valence-corrected chi connectivity index (χ0v) is 12.9. The first-order valence-electron chi connectivity index (χ1n) is 7.17. The van der Waals surface area contributed by atoms with Crippen molar-refractivity contribution in [3.05, 3.63) is 28.8 Å². The third-order valence-corrected chi connectivity index (χ3v) is 4.32. The molecule has 2 rings (SSSR count). The molecule has 0 atom stereocenters. The number of hydrogen-bond acceptors (Lipinski definition) is 2. The van der Waals surface area contributed by atoms with Gasteiger partial charge in [-0.15, -0.1) is 0 Å². The highest BCUT2D eigenvalue weighted by Gasteiger charge is 2.25. The molecule has 1 fully saturated rings. The Morgan fingerprint density at radius 2 is 1.95 bits per heavy atom. The maximum atomic E-state index is 10.9. The number of hydrogen-bond donors (Lipinski definition) is 1. The highest BCUT2D eigenvalue weighted by molar-refractivity contribution is 6.33. The number of rotatable bonds is 4. The molecule has 0 saturated carbocycles. The fourth-order valence-electron chi connectivity index (χ4n) is 2.80. The molecule has 1 N–H and O–H groups in total. The molecule has 110 valence electrons. The van der Waals surface area contributed by atoms with Gasteiger partial charge in [-0.3, -0.25) is 4.79 Å². The predicted octanol–water partition coefficient (Wildman–Crippen LogP) is 4.08. The normalized spacial score (nSPS) is 16.2. The lowest BCUT2D eigenvalue weighted by atomic mass is 9.81. The van der Waals surface area contributed by atoms with Gasteiger partial charge < -0.3 is 10.0 Å².